The van der Waals surface area contributed by atoms with Crippen molar-refractivity contribution >= 4 is 64.1 Å². The molecule has 4 rings (SSSR count). The summed E-state index contributed by atoms with van der Waals surface area (Å²) >= 11 is 12.1. The number of nitrogens with one attached hydrogen (secondary N) is 1. The molecule has 1 fully saturated rings. The molecule has 1 N–H and O–H groups in total. The third-order valence-corrected chi connectivity index (χ3v) is 6.63. The van der Waals surface area contributed by atoms with E-state index in [1.54, 1.807) is 6.07 Å². The van der Waals surface area contributed by atoms with Crippen molar-refractivity contribution in [2.45, 2.75) is 39.7 Å². The molecule has 6 nitrogen and oxygen atoms in total. The molecule has 0 saturated carbocycles. The molecule has 9 heteroatoms. The molecule has 2 aliphatic rings. The lowest BCUT2D eigenvalue weighted by Gasteiger charge is -2.43. The smallest absolute Gasteiger partial charge is 0.335 e. The number of allylic oxidation sites excluding steroid dienone is 1. The maximum Gasteiger partial charge on any atom is 0.335 e. The Labute approximate surface area is 213 Å². The zero-order chi connectivity index (χ0) is 25.7. The second-order valence-corrected chi connectivity index (χ2v) is 9.92. The van der Waals surface area contributed by atoms with Gasteiger partial charge in [0, 0.05) is 28.4 Å². The number of rotatable bonds is 4. The van der Waals surface area contributed by atoms with Crippen molar-refractivity contribution in [2.75, 3.05) is 16.3 Å². The number of carbonyl (C=O) groups is 3. The van der Waals surface area contributed by atoms with Crippen molar-refractivity contribution in [3.63, 3.8) is 0 Å². The van der Waals surface area contributed by atoms with Crippen LogP contribution >= 0.6 is 23.2 Å². The summed E-state index contributed by atoms with van der Waals surface area (Å²) in [7, 11) is 0. The number of carbonyl (C=O) groups excluding carboxylic acids is 3. The van der Waals surface area contributed by atoms with Crippen LogP contribution < -0.4 is 15.1 Å². The van der Waals surface area contributed by atoms with Crippen LogP contribution in [-0.2, 0) is 9.59 Å². The van der Waals surface area contributed by atoms with E-state index in [1.165, 1.54) is 24.3 Å². The molecule has 2 aromatic rings. The molecule has 0 aliphatic carbocycles. The summed E-state index contributed by atoms with van der Waals surface area (Å²) in [6.07, 6.45) is 4.16. The highest BCUT2D eigenvalue weighted by atomic mass is 35.5. The Balaban J connectivity index is 1.80. The minimum Gasteiger partial charge on any atom is -0.362 e. The number of anilines is 2. The zero-order valence-corrected chi connectivity index (χ0v) is 21.2. The topological polar surface area (TPSA) is 69.7 Å². The Bertz CT molecular complexity index is 1330. The van der Waals surface area contributed by atoms with Crippen LogP contribution in [0, 0.1) is 5.82 Å². The minimum atomic E-state index is -0.955. The summed E-state index contributed by atoms with van der Waals surface area (Å²) in [5.74, 6) is -2.42. The Kier molecular flexibility index (Phi) is 6.51. The van der Waals surface area contributed by atoms with E-state index in [-0.39, 0.29) is 21.8 Å². The lowest BCUT2D eigenvalue weighted by atomic mass is 9.87. The standard InChI is InChI=1S/C26H24Cl2FN3O3/c1-5-8-31-22-12-20(29)15(9-17(22)14(2)13-26(31,3)4)10-18-23(33)30-25(35)32(24(18)34)21-7-6-16(27)11-19(21)28/h6-7,9-13H,5,8H2,1-4H3,(H,30,33,35)/b18-10-. The maximum atomic E-state index is 15.3. The number of hydrogen-bond acceptors (Lipinski definition) is 4. The number of halogens is 3. The van der Waals surface area contributed by atoms with Gasteiger partial charge in [-0.15, -0.1) is 0 Å². The molecule has 0 unspecified atom stereocenters. The number of hydrogen-bond donors (Lipinski definition) is 1. The average Bonchev–Trinajstić information content (AvgIpc) is 2.75. The van der Waals surface area contributed by atoms with Crippen LogP contribution in [0.4, 0.5) is 20.6 Å². The molecule has 182 valence electrons. The van der Waals surface area contributed by atoms with Gasteiger partial charge in [0.1, 0.15) is 11.4 Å². The predicted octanol–water partition coefficient (Wildman–Crippen LogP) is 6.21. The van der Waals surface area contributed by atoms with E-state index in [9.17, 15) is 14.4 Å². The van der Waals surface area contributed by atoms with E-state index < -0.39 is 29.2 Å². The Morgan fingerprint density at radius 3 is 2.46 bits per heavy atom. The number of amides is 4. The van der Waals surface area contributed by atoms with Crippen LogP contribution in [0.3, 0.4) is 0 Å². The number of barbiturate groups is 1. The predicted molar refractivity (Wildman–Crippen MR) is 137 cm³/mol. The summed E-state index contributed by atoms with van der Waals surface area (Å²) in [4.78, 5) is 41.1. The number of nitrogens with zero attached hydrogens (tertiary/aromatic N) is 2. The molecule has 2 aromatic carbocycles. The van der Waals surface area contributed by atoms with E-state index in [0.717, 1.165) is 40.8 Å². The molecular weight excluding hydrogens is 492 g/mol. The quantitative estimate of drug-likeness (QED) is 0.388. The highest BCUT2D eigenvalue weighted by molar-refractivity contribution is 6.42. The molecule has 0 bridgehead atoms. The molecule has 35 heavy (non-hydrogen) atoms. The monoisotopic (exact) mass is 515 g/mol. The number of urea groups is 1. The normalized spacial score (nSPS) is 18.5. The van der Waals surface area contributed by atoms with Gasteiger partial charge in [0.2, 0.25) is 0 Å². The number of imide groups is 2. The minimum absolute atomic E-state index is 0.0500. The molecule has 0 aromatic heterocycles. The van der Waals surface area contributed by atoms with Crippen LogP contribution in [-0.4, -0.2) is 29.9 Å². The molecule has 2 aliphatic heterocycles. The van der Waals surface area contributed by atoms with Gasteiger partial charge in [0.25, 0.3) is 11.8 Å². The van der Waals surface area contributed by atoms with Gasteiger partial charge in [-0.25, -0.2) is 14.1 Å². The summed E-state index contributed by atoms with van der Waals surface area (Å²) in [6, 6.07) is 6.33. The zero-order valence-electron chi connectivity index (χ0n) is 19.7. The lowest BCUT2D eigenvalue weighted by Crippen LogP contribution is -2.54. The molecule has 0 radical (unpaired) electrons. The van der Waals surface area contributed by atoms with Crippen molar-refractivity contribution in [2.24, 2.45) is 0 Å². The molecule has 0 atom stereocenters. The summed E-state index contributed by atoms with van der Waals surface area (Å²) < 4.78 is 15.3. The first-order chi connectivity index (χ1) is 16.4. The summed E-state index contributed by atoms with van der Waals surface area (Å²) in [5.41, 5.74) is 1.95. The summed E-state index contributed by atoms with van der Waals surface area (Å²) in [6.45, 7) is 8.88. The van der Waals surface area contributed by atoms with Gasteiger partial charge in [-0.1, -0.05) is 36.2 Å². The highest BCUT2D eigenvalue weighted by Crippen LogP contribution is 2.41. The van der Waals surface area contributed by atoms with Crippen molar-refractivity contribution < 1.29 is 18.8 Å². The molecule has 2 heterocycles. The summed E-state index contributed by atoms with van der Waals surface area (Å²) in [5, 5.41) is 2.49. The van der Waals surface area contributed by atoms with Gasteiger partial charge in [-0.05, 0) is 69.2 Å². The van der Waals surface area contributed by atoms with Crippen molar-refractivity contribution in [3.05, 3.63) is 69.0 Å². The Morgan fingerprint density at radius 1 is 1.09 bits per heavy atom. The van der Waals surface area contributed by atoms with Crippen LogP contribution in [0.5, 0.6) is 0 Å². The van der Waals surface area contributed by atoms with Crippen LogP contribution in [0.2, 0.25) is 10.0 Å². The first kappa shape index (κ1) is 24.9. The van der Waals surface area contributed by atoms with Crippen LogP contribution in [0.1, 0.15) is 45.2 Å². The molecule has 0 spiro atoms. The third-order valence-electron chi connectivity index (χ3n) is 6.10. The first-order valence-corrected chi connectivity index (χ1v) is 11.9. The van der Waals surface area contributed by atoms with Gasteiger partial charge in [-0.2, -0.15) is 0 Å². The fraction of sp³-hybridized carbons (Fsp3) is 0.269. The Hall–Kier alpha value is -3.16. The van der Waals surface area contributed by atoms with Crippen molar-refractivity contribution in [1.29, 1.82) is 0 Å². The molecular formula is C26H24Cl2FN3O3. The van der Waals surface area contributed by atoms with Gasteiger partial charge in [-0.3, -0.25) is 14.9 Å². The molecule has 1 saturated heterocycles. The third kappa shape index (κ3) is 4.46. The van der Waals surface area contributed by atoms with E-state index in [4.69, 9.17) is 23.2 Å². The fourth-order valence-corrected chi connectivity index (χ4v) is 5.04. The number of benzene rings is 2. The lowest BCUT2D eigenvalue weighted by molar-refractivity contribution is -0.122. The van der Waals surface area contributed by atoms with E-state index in [0.29, 0.717) is 5.02 Å². The maximum absolute atomic E-state index is 15.3. The first-order valence-electron chi connectivity index (χ1n) is 11.1. The van der Waals surface area contributed by atoms with Crippen LogP contribution in [0.15, 0.2) is 42.0 Å². The SMILES string of the molecule is CCCN1c2cc(F)c(/C=C3/C(=O)NC(=O)N(c4ccc(Cl)cc4Cl)C3=O)cc2C(C)=CC1(C)C. The average molecular weight is 516 g/mol. The number of fused-ring (bicyclic) bond motifs is 1. The van der Waals surface area contributed by atoms with Gasteiger partial charge in [0.05, 0.1) is 16.2 Å². The van der Waals surface area contributed by atoms with Crippen LogP contribution in [0.25, 0.3) is 11.6 Å². The fourth-order valence-electron chi connectivity index (χ4n) is 4.55. The van der Waals surface area contributed by atoms with E-state index >= 15 is 4.39 Å². The van der Waals surface area contributed by atoms with Crippen molar-refractivity contribution in [3.8, 4) is 0 Å². The van der Waals surface area contributed by atoms with Gasteiger partial charge < -0.3 is 4.90 Å². The van der Waals surface area contributed by atoms with Gasteiger partial charge >= 0.3 is 6.03 Å². The Morgan fingerprint density at radius 2 is 1.80 bits per heavy atom. The molecule has 4 amide bonds. The second-order valence-electron chi connectivity index (χ2n) is 9.08. The second kappa shape index (κ2) is 9.13. The van der Waals surface area contributed by atoms with Gasteiger partial charge in [0.15, 0.2) is 0 Å². The van der Waals surface area contributed by atoms with Crippen molar-refractivity contribution in [1.82, 2.24) is 5.32 Å². The largest absolute Gasteiger partial charge is 0.362 e. The highest BCUT2D eigenvalue weighted by Gasteiger charge is 2.38. The van der Waals surface area contributed by atoms with E-state index in [2.05, 4.69) is 37.1 Å². The van der Waals surface area contributed by atoms with E-state index in [1.807, 2.05) is 6.92 Å².